The second-order valence-electron chi connectivity index (χ2n) is 7.17. The van der Waals surface area contributed by atoms with Crippen LogP contribution in [0.25, 0.3) is 0 Å². The summed E-state index contributed by atoms with van der Waals surface area (Å²) in [7, 11) is 0. The van der Waals surface area contributed by atoms with Gasteiger partial charge in [0.2, 0.25) is 5.91 Å². The molecule has 0 aromatic heterocycles. The Labute approximate surface area is 186 Å². The number of nitrogens with two attached hydrogens (primary N) is 1. The Morgan fingerprint density at radius 3 is 2.75 bits per heavy atom. The molecule has 0 aliphatic carbocycles. The number of carbonyl (C=O) groups excluding carboxylic acids is 1. The number of aliphatic imine (C=N–C) groups is 1. The molecule has 0 saturated carbocycles. The Hall–Kier alpha value is -1.35. The number of carbonyl (C=O) groups is 1. The summed E-state index contributed by atoms with van der Waals surface area (Å²) >= 11 is 0. The van der Waals surface area contributed by atoms with Crippen molar-refractivity contribution in [3.05, 3.63) is 35.9 Å². The van der Waals surface area contributed by atoms with Gasteiger partial charge in [0.15, 0.2) is 5.96 Å². The molecule has 6 nitrogen and oxygen atoms in total. The van der Waals surface area contributed by atoms with Crippen molar-refractivity contribution in [2.24, 2.45) is 16.6 Å². The number of hydrogen-bond donors (Lipinski definition) is 3. The minimum Gasteiger partial charge on any atom is -0.369 e. The lowest BCUT2D eigenvalue weighted by Crippen LogP contribution is -2.43. The van der Waals surface area contributed by atoms with E-state index in [0.717, 1.165) is 77.3 Å². The molecule has 1 aromatic rings. The zero-order chi connectivity index (χ0) is 19.3. The molecular formula is C21H36IN5O. The van der Waals surface area contributed by atoms with Gasteiger partial charge in [-0.15, -0.1) is 24.0 Å². The van der Waals surface area contributed by atoms with Gasteiger partial charge in [-0.2, -0.15) is 0 Å². The fraction of sp³-hybridized carbons (Fsp3) is 0.619. The zero-order valence-electron chi connectivity index (χ0n) is 17.0. The van der Waals surface area contributed by atoms with Crippen LogP contribution in [0.5, 0.6) is 0 Å². The second-order valence-corrected chi connectivity index (χ2v) is 7.17. The summed E-state index contributed by atoms with van der Waals surface area (Å²) in [5, 5.41) is 6.72. The Bertz CT molecular complexity index is 581. The van der Waals surface area contributed by atoms with Gasteiger partial charge in [0.05, 0.1) is 5.92 Å². The molecule has 2 rings (SSSR count). The fourth-order valence-electron chi connectivity index (χ4n) is 3.46. The van der Waals surface area contributed by atoms with Crippen molar-refractivity contribution < 1.29 is 4.79 Å². The number of primary amides is 1. The van der Waals surface area contributed by atoms with Gasteiger partial charge in [-0.3, -0.25) is 9.79 Å². The largest absolute Gasteiger partial charge is 0.369 e. The standard InChI is InChI=1S/C21H35N5O.HI/c1-2-23-21(24-13-6-11-18-9-4-3-5-10-18)25-14-8-16-26-15-7-12-19(17-26)20(22)27;/h3-5,9-10,19H,2,6-8,11-17H2,1H3,(H2,22,27)(H2,23,24,25);1H. The molecule has 1 fully saturated rings. The van der Waals surface area contributed by atoms with E-state index in [1.165, 1.54) is 5.56 Å². The predicted molar refractivity (Wildman–Crippen MR) is 127 cm³/mol. The normalized spacial score (nSPS) is 17.6. The number of rotatable bonds is 10. The van der Waals surface area contributed by atoms with Gasteiger partial charge in [0.1, 0.15) is 0 Å². The molecule has 4 N–H and O–H groups in total. The summed E-state index contributed by atoms with van der Waals surface area (Å²) in [5.41, 5.74) is 6.81. The van der Waals surface area contributed by atoms with Crippen LogP contribution in [0.2, 0.25) is 0 Å². The fourth-order valence-corrected chi connectivity index (χ4v) is 3.46. The van der Waals surface area contributed by atoms with Crippen LogP contribution in [0.4, 0.5) is 0 Å². The molecule has 1 aliphatic rings. The van der Waals surface area contributed by atoms with Crippen LogP contribution < -0.4 is 16.4 Å². The third-order valence-electron chi connectivity index (χ3n) is 4.93. The molecule has 7 heteroatoms. The Balaban J connectivity index is 0.00000392. The topological polar surface area (TPSA) is 82.8 Å². The Morgan fingerprint density at radius 1 is 1.25 bits per heavy atom. The summed E-state index contributed by atoms with van der Waals surface area (Å²) < 4.78 is 0. The highest BCUT2D eigenvalue weighted by molar-refractivity contribution is 14.0. The van der Waals surface area contributed by atoms with E-state index in [1.54, 1.807) is 0 Å². The molecule has 1 aliphatic heterocycles. The smallest absolute Gasteiger partial charge is 0.221 e. The number of benzene rings is 1. The quantitative estimate of drug-likeness (QED) is 0.199. The SMILES string of the molecule is CCNC(=NCCCc1ccccc1)NCCCN1CCCC(C(N)=O)C1.I. The van der Waals surface area contributed by atoms with Crippen molar-refractivity contribution in [2.45, 2.75) is 39.0 Å². The summed E-state index contributed by atoms with van der Waals surface area (Å²) in [6.07, 6.45) is 5.12. The summed E-state index contributed by atoms with van der Waals surface area (Å²) in [4.78, 5) is 18.4. The molecule has 0 spiro atoms. The molecule has 28 heavy (non-hydrogen) atoms. The van der Waals surface area contributed by atoms with Gasteiger partial charge >= 0.3 is 0 Å². The van der Waals surface area contributed by atoms with E-state index >= 15 is 0 Å². The van der Waals surface area contributed by atoms with Crippen LogP contribution in [0, 0.1) is 5.92 Å². The van der Waals surface area contributed by atoms with Crippen molar-refractivity contribution >= 4 is 35.8 Å². The first-order valence-corrected chi connectivity index (χ1v) is 10.3. The van der Waals surface area contributed by atoms with Crippen LogP contribution >= 0.6 is 24.0 Å². The van der Waals surface area contributed by atoms with Gasteiger partial charge in [-0.05, 0) is 57.7 Å². The van der Waals surface area contributed by atoms with E-state index in [9.17, 15) is 4.79 Å². The van der Waals surface area contributed by atoms with Crippen LogP contribution in [-0.2, 0) is 11.2 Å². The van der Waals surface area contributed by atoms with Crippen LogP contribution in [0.1, 0.15) is 38.2 Å². The van der Waals surface area contributed by atoms with Gasteiger partial charge < -0.3 is 21.3 Å². The number of piperidine rings is 1. The van der Waals surface area contributed by atoms with Crippen LogP contribution in [-0.4, -0.2) is 56.0 Å². The van der Waals surface area contributed by atoms with Crippen molar-refractivity contribution in [1.29, 1.82) is 0 Å². The molecule has 1 saturated heterocycles. The third-order valence-corrected chi connectivity index (χ3v) is 4.93. The molecule has 1 aromatic carbocycles. The minimum absolute atomic E-state index is 0. The molecular weight excluding hydrogens is 465 g/mol. The van der Waals surface area contributed by atoms with Crippen molar-refractivity contribution in [1.82, 2.24) is 15.5 Å². The monoisotopic (exact) mass is 501 g/mol. The first kappa shape index (κ1) is 24.7. The highest BCUT2D eigenvalue weighted by Gasteiger charge is 2.23. The number of aryl methyl sites for hydroxylation is 1. The van der Waals surface area contributed by atoms with Gasteiger partial charge in [0, 0.05) is 26.2 Å². The van der Waals surface area contributed by atoms with Crippen molar-refractivity contribution in [3.63, 3.8) is 0 Å². The molecule has 158 valence electrons. The average Bonchev–Trinajstić information content (AvgIpc) is 2.69. The number of likely N-dealkylation sites (tertiary alicyclic amines) is 1. The number of halogens is 1. The number of hydrogen-bond acceptors (Lipinski definition) is 3. The van der Waals surface area contributed by atoms with E-state index in [0.29, 0.717) is 0 Å². The highest BCUT2D eigenvalue weighted by Crippen LogP contribution is 2.15. The summed E-state index contributed by atoms with van der Waals surface area (Å²) in [5.74, 6) is 0.754. The van der Waals surface area contributed by atoms with E-state index in [-0.39, 0.29) is 35.8 Å². The molecule has 0 radical (unpaired) electrons. The maximum atomic E-state index is 11.4. The van der Waals surface area contributed by atoms with E-state index in [1.807, 2.05) is 6.07 Å². The van der Waals surface area contributed by atoms with E-state index in [4.69, 9.17) is 5.73 Å². The number of nitrogens with zero attached hydrogens (tertiary/aromatic N) is 2. The van der Waals surface area contributed by atoms with Gasteiger partial charge in [-0.1, -0.05) is 30.3 Å². The van der Waals surface area contributed by atoms with E-state index < -0.39 is 0 Å². The summed E-state index contributed by atoms with van der Waals surface area (Å²) in [6.45, 7) is 7.50. The lowest BCUT2D eigenvalue weighted by Gasteiger charge is -2.31. The molecule has 1 heterocycles. The van der Waals surface area contributed by atoms with Gasteiger partial charge in [0.25, 0.3) is 0 Å². The molecule has 1 atom stereocenters. The van der Waals surface area contributed by atoms with Crippen molar-refractivity contribution in [3.8, 4) is 0 Å². The first-order valence-electron chi connectivity index (χ1n) is 10.3. The molecule has 0 bridgehead atoms. The van der Waals surface area contributed by atoms with Crippen LogP contribution in [0.15, 0.2) is 35.3 Å². The average molecular weight is 501 g/mol. The first-order chi connectivity index (χ1) is 13.2. The van der Waals surface area contributed by atoms with Gasteiger partial charge in [-0.25, -0.2) is 0 Å². The molecule has 1 amide bonds. The number of amides is 1. The lowest BCUT2D eigenvalue weighted by atomic mass is 9.97. The number of nitrogens with one attached hydrogen (secondary N) is 2. The Kier molecular flexibility index (Phi) is 12.9. The summed E-state index contributed by atoms with van der Waals surface area (Å²) in [6, 6.07) is 10.5. The van der Waals surface area contributed by atoms with Crippen LogP contribution in [0.3, 0.4) is 0 Å². The third kappa shape index (κ3) is 9.73. The maximum Gasteiger partial charge on any atom is 0.221 e. The highest BCUT2D eigenvalue weighted by atomic mass is 127. The zero-order valence-corrected chi connectivity index (χ0v) is 19.4. The predicted octanol–water partition coefficient (Wildman–Crippen LogP) is 2.38. The second kappa shape index (κ2) is 14.6. The Morgan fingerprint density at radius 2 is 2.04 bits per heavy atom. The lowest BCUT2D eigenvalue weighted by molar-refractivity contribution is -0.123. The van der Waals surface area contributed by atoms with E-state index in [2.05, 4.69) is 51.7 Å². The maximum absolute atomic E-state index is 11.4. The number of guanidine groups is 1. The molecule has 1 unspecified atom stereocenters. The van der Waals surface area contributed by atoms with Crippen molar-refractivity contribution in [2.75, 3.05) is 39.3 Å². The minimum atomic E-state index is -0.158.